The van der Waals surface area contributed by atoms with Gasteiger partial charge in [-0.25, -0.2) is 18.1 Å². The van der Waals surface area contributed by atoms with Crippen LogP contribution in [0, 0.1) is 6.92 Å². The van der Waals surface area contributed by atoms with E-state index < -0.39 is 10.0 Å². The maximum Gasteiger partial charge on any atom is 0.240 e. The lowest BCUT2D eigenvalue weighted by Crippen LogP contribution is -2.26. The summed E-state index contributed by atoms with van der Waals surface area (Å²) < 4.78 is 29.6. The zero-order valence-electron chi connectivity index (χ0n) is 14.4. The number of nitrogens with zero attached hydrogens (tertiary/aromatic N) is 2. The molecule has 0 bridgehead atoms. The van der Waals surface area contributed by atoms with Crippen molar-refractivity contribution in [1.29, 1.82) is 0 Å². The van der Waals surface area contributed by atoms with E-state index in [2.05, 4.69) is 9.71 Å². The first-order valence-corrected chi connectivity index (χ1v) is 10.2. The Hall–Kier alpha value is -2.15. The number of hydrogen-bond acceptors (Lipinski definition) is 3. The molecule has 0 atom stereocenters. The predicted molar refractivity (Wildman–Crippen MR) is 104 cm³/mol. The highest BCUT2D eigenvalue weighted by Crippen LogP contribution is 2.22. The lowest BCUT2D eigenvalue weighted by Gasteiger charge is -2.11. The maximum atomic E-state index is 12.5. The summed E-state index contributed by atoms with van der Waals surface area (Å²) in [4.78, 5) is 4.61. The van der Waals surface area contributed by atoms with Gasteiger partial charge in [0, 0.05) is 36.1 Å². The molecule has 0 radical (unpaired) electrons. The number of sulfonamides is 1. The first kappa shape index (κ1) is 18.6. The molecule has 3 rings (SSSR count). The summed E-state index contributed by atoms with van der Waals surface area (Å²) in [6.07, 6.45) is 4.30. The third-order valence-corrected chi connectivity index (χ3v) is 6.14. The van der Waals surface area contributed by atoms with E-state index in [1.54, 1.807) is 31.3 Å². The average molecular weight is 390 g/mol. The van der Waals surface area contributed by atoms with Crippen LogP contribution in [0.3, 0.4) is 0 Å². The van der Waals surface area contributed by atoms with E-state index in [9.17, 15) is 8.42 Å². The zero-order valence-corrected chi connectivity index (χ0v) is 16.0. The highest BCUT2D eigenvalue weighted by molar-refractivity contribution is 7.89. The van der Waals surface area contributed by atoms with Gasteiger partial charge in [-0.3, -0.25) is 0 Å². The van der Waals surface area contributed by atoms with Crippen molar-refractivity contribution in [3.8, 4) is 11.4 Å². The van der Waals surface area contributed by atoms with Gasteiger partial charge in [-0.2, -0.15) is 0 Å². The summed E-state index contributed by atoms with van der Waals surface area (Å²) in [5.74, 6) is 0.874. The summed E-state index contributed by atoms with van der Waals surface area (Å²) in [6.45, 7) is 2.70. The van der Waals surface area contributed by atoms with E-state index in [1.807, 2.05) is 41.1 Å². The van der Waals surface area contributed by atoms with Crippen molar-refractivity contribution in [3.63, 3.8) is 0 Å². The third-order valence-electron chi connectivity index (χ3n) is 4.12. The van der Waals surface area contributed by atoms with Crippen LogP contribution in [0.15, 0.2) is 65.8 Å². The molecule has 1 heterocycles. The average Bonchev–Trinajstić information content (AvgIpc) is 3.10. The summed E-state index contributed by atoms with van der Waals surface area (Å²) in [7, 11) is -3.58. The Morgan fingerprint density at radius 3 is 2.65 bits per heavy atom. The van der Waals surface area contributed by atoms with Crippen molar-refractivity contribution in [2.75, 3.05) is 6.54 Å². The topological polar surface area (TPSA) is 64.0 Å². The molecule has 0 saturated heterocycles. The molecule has 0 aliphatic carbocycles. The van der Waals surface area contributed by atoms with Crippen LogP contribution in [-0.2, 0) is 16.6 Å². The normalized spacial score (nSPS) is 11.6. The van der Waals surface area contributed by atoms with Crippen LogP contribution in [0.5, 0.6) is 0 Å². The molecule has 0 aliphatic rings. The Balaban J connectivity index is 1.62. The first-order valence-electron chi connectivity index (χ1n) is 8.30. The van der Waals surface area contributed by atoms with E-state index in [0.717, 1.165) is 11.4 Å². The number of halogens is 1. The van der Waals surface area contributed by atoms with Crippen molar-refractivity contribution in [2.45, 2.75) is 24.8 Å². The van der Waals surface area contributed by atoms with Crippen molar-refractivity contribution in [1.82, 2.24) is 14.3 Å². The maximum absolute atomic E-state index is 12.5. The Bertz CT molecular complexity index is 985. The smallest absolute Gasteiger partial charge is 0.240 e. The number of aryl methyl sites for hydroxylation is 1. The first-order chi connectivity index (χ1) is 12.5. The number of benzene rings is 2. The molecular weight excluding hydrogens is 370 g/mol. The molecule has 7 heteroatoms. The van der Waals surface area contributed by atoms with Crippen molar-refractivity contribution in [3.05, 3.63) is 71.5 Å². The molecule has 0 amide bonds. The van der Waals surface area contributed by atoms with Gasteiger partial charge in [0.15, 0.2) is 0 Å². The van der Waals surface area contributed by atoms with Gasteiger partial charge in [0.25, 0.3) is 0 Å². The standard InChI is InChI=1S/C19H20ClN3O2S/c1-15-17(20)9-5-10-18(15)26(24,25)22-11-6-13-23-14-12-21-19(23)16-7-3-2-4-8-16/h2-5,7-10,12,14,22H,6,11,13H2,1H3. The number of rotatable bonds is 7. The fraction of sp³-hybridized carbons (Fsp3) is 0.211. The molecule has 1 N–H and O–H groups in total. The molecule has 2 aromatic carbocycles. The lowest BCUT2D eigenvalue weighted by molar-refractivity contribution is 0.570. The van der Waals surface area contributed by atoms with Gasteiger partial charge in [0.2, 0.25) is 10.0 Å². The van der Waals surface area contributed by atoms with Crippen LogP contribution >= 0.6 is 11.6 Å². The lowest BCUT2D eigenvalue weighted by atomic mass is 10.2. The summed E-state index contributed by atoms with van der Waals surface area (Å²) in [5.41, 5.74) is 1.59. The van der Waals surface area contributed by atoms with Gasteiger partial charge in [0.05, 0.1) is 4.90 Å². The van der Waals surface area contributed by atoms with Crippen LogP contribution < -0.4 is 4.72 Å². The predicted octanol–water partition coefficient (Wildman–Crippen LogP) is 3.88. The Morgan fingerprint density at radius 2 is 1.88 bits per heavy atom. The van der Waals surface area contributed by atoms with Crippen LogP contribution in [0.25, 0.3) is 11.4 Å². The second-order valence-electron chi connectivity index (χ2n) is 5.92. The Labute approximate surface area is 158 Å². The minimum absolute atomic E-state index is 0.220. The molecule has 136 valence electrons. The quantitative estimate of drug-likeness (QED) is 0.623. The molecule has 0 saturated carbocycles. The SMILES string of the molecule is Cc1c(Cl)cccc1S(=O)(=O)NCCCn1ccnc1-c1ccccc1. The van der Waals surface area contributed by atoms with Crippen molar-refractivity contribution < 1.29 is 8.42 Å². The van der Waals surface area contributed by atoms with Gasteiger partial charge < -0.3 is 4.57 Å². The molecule has 0 aliphatic heterocycles. The van der Waals surface area contributed by atoms with Gasteiger partial charge >= 0.3 is 0 Å². The van der Waals surface area contributed by atoms with Gasteiger partial charge in [-0.15, -0.1) is 0 Å². The summed E-state index contributed by atoms with van der Waals surface area (Å²) in [6, 6.07) is 14.8. The Kier molecular flexibility index (Phi) is 5.76. The minimum Gasteiger partial charge on any atom is -0.331 e. The van der Waals surface area contributed by atoms with Crippen LogP contribution in [0.1, 0.15) is 12.0 Å². The van der Waals surface area contributed by atoms with Crippen molar-refractivity contribution >= 4 is 21.6 Å². The van der Waals surface area contributed by atoms with E-state index in [-0.39, 0.29) is 4.90 Å². The van der Waals surface area contributed by atoms with Gasteiger partial charge in [-0.05, 0) is 31.0 Å². The van der Waals surface area contributed by atoms with Gasteiger partial charge in [-0.1, -0.05) is 48.0 Å². The Morgan fingerprint density at radius 1 is 1.12 bits per heavy atom. The van der Waals surface area contributed by atoms with Crippen LogP contribution in [-0.4, -0.2) is 24.5 Å². The molecule has 5 nitrogen and oxygen atoms in total. The molecular formula is C19H20ClN3O2S. The molecule has 0 fully saturated rings. The molecule has 26 heavy (non-hydrogen) atoms. The molecule has 3 aromatic rings. The number of hydrogen-bond donors (Lipinski definition) is 1. The minimum atomic E-state index is -3.58. The highest BCUT2D eigenvalue weighted by atomic mass is 35.5. The fourth-order valence-corrected chi connectivity index (χ4v) is 4.32. The second kappa shape index (κ2) is 8.03. The summed E-state index contributed by atoms with van der Waals surface area (Å²) in [5, 5.41) is 0.443. The summed E-state index contributed by atoms with van der Waals surface area (Å²) >= 11 is 6.02. The van der Waals surface area contributed by atoms with E-state index in [4.69, 9.17) is 11.6 Å². The number of nitrogens with one attached hydrogen (secondary N) is 1. The fourth-order valence-electron chi connectivity index (χ4n) is 2.75. The molecule has 0 unspecified atom stereocenters. The molecule has 0 spiro atoms. The third kappa shape index (κ3) is 4.15. The van der Waals surface area contributed by atoms with Crippen molar-refractivity contribution in [2.24, 2.45) is 0 Å². The van der Waals surface area contributed by atoms with E-state index in [1.165, 1.54) is 0 Å². The zero-order chi connectivity index (χ0) is 18.6. The number of imidazole rings is 1. The largest absolute Gasteiger partial charge is 0.331 e. The highest BCUT2D eigenvalue weighted by Gasteiger charge is 2.17. The van der Waals surface area contributed by atoms with Gasteiger partial charge in [0.1, 0.15) is 5.82 Å². The molecule has 1 aromatic heterocycles. The van der Waals surface area contributed by atoms with Crippen LogP contribution in [0.2, 0.25) is 5.02 Å². The number of aromatic nitrogens is 2. The van der Waals surface area contributed by atoms with Crippen LogP contribution in [0.4, 0.5) is 0 Å². The second-order valence-corrected chi connectivity index (χ2v) is 8.07. The van der Waals surface area contributed by atoms with E-state index >= 15 is 0 Å². The van der Waals surface area contributed by atoms with E-state index in [0.29, 0.717) is 30.1 Å². The monoisotopic (exact) mass is 389 g/mol.